The number of methoxy groups -OCH3 is 1. The highest BCUT2D eigenvalue weighted by Gasteiger charge is 2.39. The number of hydrogen-bond acceptors (Lipinski definition) is 4. The number of halogens is 2. The minimum atomic E-state index is -0.452. The molecule has 2 fully saturated rings. The lowest BCUT2D eigenvalue weighted by atomic mass is 9.80. The van der Waals surface area contributed by atoms with Crippen molar-refractivity contribution < 1.29 is 13.5 Å². The average Bonchev–Trinajstić information content (AvgIpc) is 3.18. The first kappa shape index (κ1) is 20.3. The summed E-state index contributed by atoms with van der Waals surface area (Å²) in [6.45, 7) is 5.43. The smallest absolute Gasteiger partial charge is 0.129 e. The molecule has 0 bridgehead atoms. The molecule has 2 saturated heterocycles. The van der Waals surface area contributed by atoms with E-state index in [0.717, 1.165) is 43.8 Å². The molecule has 0 amide bonds. The number of rotatable bonds is 5. The first-order chi connectivity index (χ1) is 14.1. The van der Waals surface area contributed by atoms with Crippen LogP contribution in [-0.2, 0) is 6.54 Å². The summed E-state index contributed by atoms with van der Waals surface area (Å²) in [7, 11) is 1.69. The Morgan fingerprint density at radius 3 is 2.69 bits per heavy atom. The Labute approximate surface area is 171 Å². The van der Waals surface area contributed by atoms with Crippen molar-refractivity contribution in [2.45, 2.75) is 38.3 Å². The zero-order chi connectivity index (χ0) is 20.4. The van der Waals surface area contributed by atoms with Crippen LogP contribution in [0.5, 0.6) is 5.75 Å². The van der Waals surface area contributed by atoms with Gasteiger partial charge in [-0.25, -0.2) is 8.78 Å². The molecule has 156 valence electrons. The monoisotopic (exact) mass is 401 g/mol. The summed E-state index contributed by atoms with van der Waals surface area (Å²) < 4.78 is 34.1. The van der Waals surface area contributed by atoms with Crippen LogP contribution < -0.4 is 15.6 Å². The Morgan fingerprint density at radius 2 is 1.97 bits per heavy atom. The SMILES string of the molecule is COc1ccc(CN2CCCC(C3NNCC3c3c(F)cccc3F)C2)cc1C. The Morgan fingerprint density at radius 1 is 1.17 bits per heavy atom. The van der Waals surface area contributed by atoms with Crippen molar-refractivity contribution in [1.29, 1.82) is 0 Å². The quantitative estimate of drug-likeness (QED) is 0.800. The van der Waals surface area contributed by atoms with E-state index < -0.39 is 11.6 Å². The van der Waals surface area contributed by atoms with E-state index in [2.05, 4.69) is 34.8 Å². The molecule has 0 radical (unpaired) electrons. The highest BCUT2D eigenvalue weighted by Crippen LogP contribution is 2.34. The van der Waals surface area contributed by atoms with Crippen LogP contribution in [-0.4, -0.2) is 37.7 Å². The zero-order valence-corrected chi connectivity index (χ0v) is 17.1. The molecule has 4 rings (SSSR count). The molecule has 2 aromatic rings. The van der Waals surface area contributed by atoms with Crippen LogP contribution in [0.4, 0.5) is 8.78 Å². The number of hydrogen-bond donors (Lipinski definition) is 2. The number of benzene rings is 2. The van der Waals surface area contributed by atoms with Gasteiger partial charge in [0.05, 0.1) is 7.11 Å². The number of nitrogens with one attached hydrogen (secondary N) is 2. The van der Waals surface area contributed by atoms with Crippen molar-refractivity contribution in [3.63, 3.8) is 0 Å². The summed E-state index contributed by atoms with van der Waals surface area (Å²) in [5, 5.41) is 0. The molecule has 6 heteroatoms. The summed E-state index contributed by atoms with van der Waals surface area (Å²) in [5.74, 6) is 0.131. The molecule has 2 aliphatic rings. The minimum Gasteiger partial charge on any atom is -0.496 e. The fourth-order valence-corrected chi connectivity index (χ4v) is 4.93. The first-order valence-corrected chi connectivity index (χ1v) is 10.3. The van der Waals surface area contributed by atoms with Gasteiger partial charge in [0.25, 0.3) is 0 Å². The molecular formula is C23H29F2N3O. The highest BCUT2D eigenvalue weighted by molar-refractivity contribution is 5.36. The normalized spacial score (nSPS) is 25.3. The van der Waals surface area contributed by atoms with Crippen LogP contribution in [0.25, 0.3) is 0 Å². The van der Waals surface area contributed by atoms with Crippen LogP contribution in [0.15, 0.2) is 36.4 Å². The average molecular weight is 402 g/mol. The van der Waals surface area contributed by atoms with Crippen LogP contribution in [0.1, 0.15) is 35.4 Å². The summed E-state index contributed by atoms with van der Waals surface area (Å²) in [5.41, 5.74) is 9.06. The van der Waals surface area contributed by atoms with Crippen molar-refractivity contribution in [3.8, 4) is 5.75 Å². The third-order valence-corrected chi connectivity index (χ3v) is 6.31. The third-order valence-electron chi connectivity index (χ3n) is 6.31. The molecule has 2 heterocycles. The lowest BCUT2D eigenvalue weighted by Crippen LogP contribution is -2.46. The van der Waals surface area contributed by atoms with Crippen molar-refractivity contribution in [2.75, 3.05) is 26.7 Å². The number of likely N-dealkylation sites (tertiary alicyclic amines) is 1. The standard InChI is InChI=1S/C23H29F2N3O/c1-15-11-16(8-9-21(15)29-2)13-28-10-4-5-17(14-28)23-18(12-26-27-23)22-19(24)6-3-7-20(22)25/h3,6-9,11,17-18,23,26-27H,4-5,10,12-14H2,1-2H3. The molecule has 4 nitrogen and oxygen atoms in total. The van der Waals surface area contributed by atoms with E-state index in [1.165, 1.54) is 23.8 Å². The maximum Gasteiger partial charge on any atom is 0.129 e. The summed E-state index contributed by atoms with van der Waals surface area (Å²) in [4.78, 5) is 2.45. The van der Waals surface area contributed by atoms with Crippen molar-refractivity contribution >= 4 is 0 Å². The van der Waals surface area contributed by atoms with Gasteiger partial charge in [-0.3, -0.25) is 15.8 Å². The Kier molecular flexibility index (Phi) is 6.13. The third kappa shape index (κ3) is 4.29. The predicted octanol–water partition coefficient (Wildman–Crippen LogP) is 3.75. The highest BCUT2D eigenvalue weighted by atomic mass is 19.1. The van der Waals surface area contributed by atoms with E-state index in [0.29, 0.717) is 12.5 Å². The molecule has 3 unspecified atom stereocenters. The number of nitrogens with zero attached hydrogens (tertiary/aromatic N) is 1. The predicted molar refractivity (Wildman–Crippen MR) is 110 cm³/mol. The second-order valence-electron chi connectivity index (χ2n) is 8.23. The van der Waals surface area contributed by atoms with Crippen LogP contribution in [0.3, 0.4) is 0 Å². The van der Waals surface area contributed by atoms with Gasteiger partial charge in [0, 0.05) is 37.2 Å². The van der Waals surface area contributed by atoms with E-state index in [1.807, 2.05) is 6.07 Å². The van der Waals surface area contributed by atoms with Gasteiger partial charge in [-0.05, 0) is 61.6 Å². The van der Waals surface area contributed by atoms with Gasteiger partial charge in [0.1, 0.15) is 17.4 Å². The second-order valence-corrected chi connectivity index (χ2v) is 8.23. The van der Waals surface area contributed by atoms with Gasteiger partial charge in [-0.15, -0.1) is 0 Å². The molecule has 0 aromatic heterocycles. The fraction of sp³-hybridized carbons (Fsp3) is 0.478. The van der Waals surface area contributed by atoms with Crippen molar-refractivity contribution in [1.82, 2.24) is 15.8 Å². The van der Waals surface area contributed by atoms with E-state index in [4.69, 9.17) is 4.74 Å². The molecule has 2 N–H and O–H groups in total. The van der Waals surface area contributed by atoms with E-state index in [-0.39, 0.29) is 17.5 Å². The topological polar surface area (TPSA) is 36.5 Å². The van der Waals surface area contributed by atoms with Crippen LogP contribution >= 0.6 is 0 Å². The largest absolute Gasteiger partial charge is 0.496 e. The molecule has 3 atom stereocenters. The molecule has 29 heavy (non-hydrogen) atoms. The van der Waals surface area contributed by atoms with Gasteiger partial charge in [0.15, 0.2) is 0 Å². The molecule has 0 saturated carbocycles. The number of piperidine rings is 1. The summed E-state index contributed by atoms with van der Waals surface area (Å²) >= 11 is 0. The van der Waals surface area contributed by atoms with Gasteiger partial charge in [0.2, 0.25) is 0 Å². The maximum atomic E-state index is 14.4. The number of ether oxygens (including phenoxy) is 1. The summed E-state index contributed by atoms with van der Waals surface area (Å²) in [6.07, 6.45) is 2.15. The Balaban J connectivity index is 1.47. The molecule has 0 aliphatic carbocycles. The van der Waals surface area contributed by atoms with E-state index >= 15 is 0 Å². The van der Waals surface area contributed by atoms with Crippen LogP contribution in [0, 0.1) is 24.5 Å². The van der Waals surface area contributed by atoms with Gasteiger partial charge >= 0.3 is 0 Å². The zero-order valence-electron chi connectivity index (χ0n) is 17.1. The molecule has 0 spiro atoms. The minimum absolute atomic E-state index is 0.0156. The van der Waals surface area contributed by atoms with Gasteiger partial charge in [-0.1, -0.05) is 18.2 Å². The van der Waals surface area contributed by atoms with E-state index in [9.17, 15) is 8.78 Å². The second kappa shape index (κ2) is 8.78. The molecular weight excluding hydrogens is 372 g/mol. The summed E-state index contributed by atoms with van der Waals surface area (Å²) in [6, 6.07) is 10.5. The fourth-order valence-electron chi connectivity index (χ4n) is 4.93. The Hall–Kier alpha value is -2.02. The van der Waals surface area contributed by atoms with Crippen LogP contribution in [0.2, 0.25) is 0 Å². The van der Waals surface area contributed by atoms with E-state index in [1.54, 1.807) is 7.11 Å². The Bertz CT molecular complexity index is 840. The number of aryl methyl sites for hydroxylation is 1. The first-order valence-electron chi connectivity index (χ1n) is 10.3. The molecule has 2 aliphatic heterocycles. The number of hydrazine groups is 1. The van der Waals surface area contributed by atoms with Crippen molar-refractivity contribution in [2.24, 2.45) is 5.92 Å². The molecule has 2 aromatic carbocycles. The maximum absolute atomic E-state index is 14.4. The lowest BCUT2D eigenvalue weighted by molar-refractivity contribution is 0.139. The van der Waals surface area contributed by atoms with Gasteiger partial charge in [-0.2, -0.15) is 0 Å². The lowest BCUT2D eigenvalue weighted by Gasteiger charge is -2.37. The van der Waals surface area contributed by atoms with Gasteiger partial charge < -0.3 is 4.74 Å². The van der Waals surface area contributed by atoms with Crippen molar-refractivity contribution in [3.05, 3.63) is 64.7 Å².